The first kappa shape index (κ1) is 7.97. The highest BCUT2D eigenvalue weighted by atomic mass is 127. The Bertz CT molecular complexity index is 22.4. The SMILES string of the molecule is S[P+](I)(I)I. The largest absolute Gasteiger partial charge is 0.250 e. The van der Waals surface area contributed by atoms with E-state index < -0.39 is -0.608 Å². The smallest absolute Gasteiger partial charge is 0.0303 e. The standard InChI is InChI=1S/HI3PS/c1-4(2,3)5/h5H/q+1. The molecule has 0 aromatic heterocycles. The van der Waals surface area contributed by atoms with E-state index in [1.807, 2.05) is 0 Å². The molecule has 0 bridgehead atoms. The Balaban J connectivity index is 3.02. The van der Waals surface area contributed by atoms with E-state index in [2.05, 4.69) is 78.4 Å². The van der Waals surface area contributed by atoms with Gasteiger partial charge in [0.15, 0.2) is 66.1 Å². The summed E-state index contributed by atoms with van der Waals surface area (Å²) in [5.74, 6) is 0. The van der Waals surface area contributed by atoms with E-state index in [-0.39, 0.29) is 0 Å². The molecular weight excluding hydrogens is 444 g/mol. The molecule has 0 amide bonds. The molecule has 0 aromatic carbocycles. The molecule has 0 nitrogen and oxygen atoms in total. The fraction of sp³-hybridized carbons (Fsp3) is 0. The van der Waals surface area contributed by atoms with Crippen molar-refractivity contribution in [3.05, 3.63) is 0 Å². The first-order valence-corrected chi connectivity index (χ1v) is 12.0. The molecule has 0 aromatic rings. The maximum absolute atomic E-state index is 4.19. The molecule has 32 valence electrons. The number of rotatable bonds is 0. The van der Waals surface area contributed by atoms with Crippen molar-refractivity contribution in [1.82, 2.24) is 0 Å². The lowest BCUT2D eigenvalue weighted by atomic mass is 30.4. The second-order valence-corrected chi connectivity index (χ2v) is 39.6. The molecule has 0 saturated carbocycles. The average Bonchev–Trinajstić information content (AvgIpc) is 0.722. The van der Waals surface area contributed by atoms with E-state index in [4.69, 9.17) is 0 Å². The fourth-order valence-corrected chi connectivity index (χ4v) is 0. The second-order valence-electron chi connectivity index (χ2n) is 0.418. The third kappa shape index (κ3) is 19.5. The van der Waals surface area contributed by atoms with Crippen LogP contribution in [0.4, 0.5) is 0 Å². The molecule has 0 heterocycles. The summed E-state index contributed by atoms with van der Waals surface area (Å²) in [5, 5.41) is 0. The van der Waals surface area contributed by atoms with Gasteiger partial charge >= 0.3 is 0 Å². The Labute approximate surface area is 76.2 Å². The third-order valence-corrected chi connectivity index (χ3v) is 0. The van der Waals surface area contributed by atoms with Crippen LogP contribution in [0.2, 0.25) is 0 Å². The van der Waals surface area contributed by atoms with Crippen LogP contribution in [-0.2, 0) is 0 Å². The molecule has 5 heavy (non-hydrogen) atoms. The quantitative estimate of drug-likeness (QED) is 0.327. The highest BCUT2D eigenvalue weighted by Gasteiger charge is 2.20. The van der Waals surface area contributed by atoms with Crippen molar-refractivity contribution in [1.29, 1.82) is 0 Å². The van der Waals surface area contributed by atoms with E-state index in [9.17, 15) is 0 Å². The second kappa shape index (κ2) is 3.09. The molecule has 0 rings (SSSR count). The summed E-state index contributed by atoms with van der Waals surface area (Å²) in [6.07, 6.45) is 0. The van der Waals surface area contributed by atoms with Crippen molar-refractivity contribution in [2.24, 2.45) is 0 Å². The van der Waals surface area contributed by atoms with Crippen LogP contribution in [0.25, 0.3) is 0 Å². The van der Waals surface area contributed by atoms with Gasteiger partial charge in [-0.3, -0.25) is 0 Å². The summed E-state index contributed by atoms with van der Waals surface area (Å²) in [7, 11) is 0. The van der Waals surface area contributed by atoms with Crippen LogP contribution in [0.5, 0.6) is 0 Å². The van der Waals surface area contributed by atoms with Crippen LogP contribution < -0.4 is 0 Å². The summed E-state index contributed by atoms with van der Waals surface area (Å²) in [5.41, 5.74) is 0. The summed E-state index contributed by atoms with van der Waals surface area (Å²) in [6, 6.07) is 0. The van der Waals surface area contributed by atoms with Crippen molar-refractivity contribution >= 4 is 77.8 Å². The van der Waals surface area contributed by atoms with Gasteiger partial charge in [-0.2, -0.15) is 0 Å². The van der Waals surface area contributed by atoms with Gasteiger partial charge in [-0.1, -0.05) is 0 Å². The molecule has 0 saturated heterocycles. The minimum absolute atomic E-state index is 0.784. The van der Waals surface area contributed by atoms with Crippen LogP contribution >= 0.6 is 77.8 Å². The van der Waals surface area contributed by atoms with Crippen molar-refractivity contribution in [2.45, 2.75) is 0 Å². The molecule has 5 heteroatoms. The normalized spacial score (nSPS) is 12.0. The summed E-state index contributed by atoms with van der Waals surface area (Å²) < 4.78 is -0.784. The lowest BCUT2D eigenvalue weighted by Gasteiger charge is -1.80. The minimum Gasteiger partial charge on any atom is 0.0303 e. The van der Waals surface area contributed by atoms with Crippen molar-refractivity contribution < 1.29 is 0 Å². The Morgan fingerprint density at radius 2 is 1.20 bits per heavy atom. The predicted molar refractivity (Wildman–Crippen MR) is 58.0 cm³/mol. The van der Waals surface area contributed by atoms with Crippen LogP contribution in [0.1, 0.15) is 0 Å². The first-order valence-electron chi connectivity index (χ1n) is 0.707. The minimum atomic E-state index is -0.784. The van der Waals surface area contributed by atoms with Crippen molar-refractivity contribution in [2.75, 3.05) is 0 Å². The summed E-state index contributed by atoms with van der Waals surface area (Å²) in [4.78, 5) is 0. The molecule has 0 atom stereocenters. The van der Waals surface area contributed by atoms with Crippen molar-refractivity contribution in [3.8, 4) is 0 Å². The fourth-order valence-electron chi connectivity index (χ4n) is 0. The maximum atomic E-state index is 4.19. The zero-order valence-corrected chi connectivity index (χ0v) is 10.3. The molecular formula is HI3PS+. The Morgan fingerprint density at radius 1 is 1.20 bits per heavy atom. The topological polar surface area (TPSA) is 0 Å². The van der Waals surface area contributed by atoms with Gasteiger partial charge in [-0.25, -0.2) is 0 Å². The molecule has 0 fully saturated rings. The van der Waals surface area contributed by atoms with Gasteiger partial charge in [-0.05, 0) is 0 Å². The van der Waals surface area contributed by atoms with E-state index in [0.29, 0.717) is 0 Å². The number of hydrogen-bond donors (Lipinski definition) is 1. The number of hydrogen-bond acceptors (Lipinski definition) is 1. The van der Waals surface area contributed by atoms with E-state index >= 15 is 0 Å². The van der Waals surface area contributed by atoms with Crippen molar-refractivity contribution in [3.63, 3.8) is 0 Å². The lowest BCUT2D eigenvalue weighted by Crippen LogP contribution is -1.16. The molecule has 0 radical (unpaired) electrons. The van der Waals surface area contributed by atoms with E-state index in [1.54, 1.807) is 0 Å². The number of thiol groups is 1. The molecule has 0 aliphatic rings. The maximum Gasteiger partial charge on any atom is 0.250 e. The van der Waals surface area contributed by atoms with Gasteiger partial charge in [0.1, 0.15) is 0 Å². The molecule has 0 N–H and O–H groups in total. The molecule has 0 aliphatic heterocycles. The highest BCUT2D eigenvalue weighted by Crippen LogP contribution is 2.85. The monoisotopic (exact) mass is 445 g/mol. The lowest BCUT2D eigenvalue weighted by molar-refractivity contribution is 5.94. The van der Waals surface area contributed by atoms with Gasteiger partial charge in [0.2, 0.25) is -0.608 Å². The zero-order chi connectivity index (χ0) is 4.50. The Morgan fingerprint density at radius 3 is 1.20 bits per heavy atom. The predicted octanol–water partition coefficient (Wildman–Crippen LogP) is 3.90. The van der Waals surface area contributed by atoms with Gasteiger partial charge in [-0.15, -0.1) is 0 Å². The molecule has 0 aliphatic carbocycles. The van der Waals surface area contributed by atoms with E-state index in [0.717, 1.165) is 0 Å². The van der Waals surface area contributed by atoms with E-state index in [1.165, 1.54) is 0 Å². The Kier molecular flexibility index (Phi) is 4.92. The van der Waals surface area contributed by atoms with Gasteiger partial charge in [0.05, 0.1) is 0 Å². The zero-order valence-electron chi connectivity index (χ0n) is 2.03. The highest BCUT2D eigenvalue weighted by molar-refractivity contribution is 14.4. The Hall–Kier alpha value is 2.97. The first-order chi connectivity index (χ1) is 2.00. The molecule has 0 spiro atoms. The third-order valence-electron chi connectivity index (χ3n) is 0. The average molecular weight is 445 g/mol. The van der Waals surface area contributed by atoms with Gasteiger partial charge in [0.25, 0.3) is 0 Å². The van der Waals surface area contributed by atoms with Crippen LogP contribution in [0.15, 0.2) is 0 Å². The van der Waals surface area contributed by atoms with Crippen LogP contribution in [0, 0.1) is 0 Å². The summed E-state index contributed by atoms with van der Waals surface area (Å²) >= 11 is 11.2. The van der Waals surface area contributed by atoms with Gasteiger partial charge in [0, 0.05) is 12.2 Å². The van der Waals surface area contributed by atoms with Gasteiger partial charge < -0.3 is 0 Å². The van der Waals surface area contributed by atoms with Crippen LogP contribution in [0.3, 0.4) is 0 Å². The van der Waals surface area contributed by atoms with Crippen LogP contribution in [-0.4, -0.2) is 0 Å². The number of halogens is 3. The summed E-state index contributed by atoms with van der Waals surface area (Å²) in [6.45, 7) is 0. The molecule has 0 unspecified atom stereocenters.